The normalized spacial score (nSPS) is 14.3. The van der Waals surface area contributed by atoms with Gasteiger partial charge in [0.05, 0.1) is 31.3 Å². The van der Waals surface area contributed by atoms with E-state index in [9.17, 15) is 14.3 Å². The zero-order valence-corrected chi connectivity index (χ0v) is 22.9. The monoisotopic (exact) mass is 563 g/mol. The van der Waals surface area contributed by atoms with E-state index in [0.29, 0.717) is 57.9 Å². The number of H-pyrrole nitrogens is 1. The Morgan fingerprint density at radius 2 is 2.02 bits per heavy atom. The Balaban J connectivity index is 1.41. The Kier molecular flexibility index (Phi) is 8.90. The van der Waals surface area contributed by atoms with Crippen LogP contribution in [-0.4, -0.2) is 76.0 Å². The number of amides is 1. The van der Waals surface area contributed by atoms with Crippen LogP contribution in [0.2, 0.25) is 0 Å². The molecule has 0 unspecified atom stereocenters. The lowest BCUT2D eigenvalue weighted by Gasteiger charge is -2.30. The van der Waals surface area contributed by atoms with E-state index < -0.39 is 11.7 Å². The fourth-order valence-electron chi connectivity index (χ4n) is 5.08. The number of aliphatic hydroxyl groups excluding tert-OH is 1. The number of nitrogens with two attached hydrogens (primary N) is 1. The van der Waals surface area contributed by atoms with Crippen LogP contribution in [-0.2, 0) is 11.2 Å². The van der Waals surface area contributed by atoms with Crippen molar-refractivity contribution in [3.8, 4) is 11.5 Å². The third kappa shape index (κ3) is 6.72. The zero-order valence-electron chi connectivity index (χ0n) is 22.9. The Bertz CT molecular complexity index is 1490. The second kappa shape index (κ2) is 12.9. The SMILES string of the molecule is COc1cc2c(N(c3cccc(F)c3)c3cc(CC(N)=O)[nH]n3)ncnc2cc1OCCCN1CCC(CO)CC1. The molecular formula is C29H34FN7O4. The Labute approximate surface area is 237 Å². The van der Waals surface area contributed by atoms with Gasteiger partial charge in [0.2, 0.25) is 5.91 Å². The van der Waals surface area contributed by atoms with Crippen molar-refractivity contribution in [3.05, 3.63) is 60.3 Å². The van der Waals surface area contributed by atoms with Crippen LogP contribution in [0, 0.1) is 11.7 Å². The second-order valence-electron chi connectivity index (χ2n) is 10.1. The van der Waals surface area contributed by atoms with Crippen LogP contribution in [0.1, 0.15) is 25.0 Å². The van der Waals surface area contributed by atoms with Crippen molar-refractivity contribution in [2.45, 2.75) is 25.7 Å². The number of anilines is 3. The third-order valence-corrected chi connectivity index (χ3v) is 7.23. The molecule has 3 heterocycles. The van der Waals surface area contributed by atoms with Crippen LogP contribution < -0.4 is 20.1 Å². The fraction of sp³-hybridized carbons (Fsp3) is 0.379. The van der Waals surface area contributed by atoms with Gasteiger partial charge in [-0.25, -0.2) is 14.4 Å². The summed E-state index contributed by atoms with van der Waals surface area (Å²) in [6.07, 6.45) is 4.29. The van der Waals surface area contributed by atoms with Crippen LogP contribution in [0.4, 0.5) is 21.7 Å². The number of hydrogen-bond donors (Lipinski definition) is 3. The van der Waals surface area contributed by atoms with Crippen molar-refractivity contribution in [1.82, 2.24) is 25.1 Å². The molecule has 216 valence electrons. The number of hydrogen-bond acceptors (Lipinski definition) is 9. The number of halogens is 1. The first-order valence-electron chi connectivity index (χ1n) is 13.6. The van der Waals surface area contributed by atoms with Gasteiger partial charge in [-0.1, -0.05) is 6.07 Å². The molecule has 2 aromatic carbocycles. The maximum absolute atomic E-state index is 14.3. The molecule has 41 heavy (non-hydrogen) atoms. The molecule has 0 bridgehead atoms. The van der Waals surface area contributed by atoms with Crippen molar-refractivity contribution in [2.24, 2.45) is 11.7 Å². The van der Waals surface area contributed by atoms with E-state index in [1.807, 2.05) is 0 Å². The predicted molar refractivity (Wildman–Crippen MR) is 152 cm³/mol. The van der Waals surface area contributed by atoms with E-state index in [-0.39, 0.29) is 13.0 Å². The van der Waals surface area contributed by atoms with Gasteiger partial charge < -0.3 is 25.2 Å². The summed E-state index contributed by atoms with van der Waals surface area (Å²) in [5.74, 6) is 1.39. The van der Waals surface area contributed by atoms with Crippen LogP contribution in [0.3, 0.4) is 0 Å². The number of likely N-dealkylation sites (tertiary alicyclic amines) is 1. The number of ether oxygens (including phenoxy) is 2. The predicted octanol–water partition coefficient (Wildman–Crippen LogP) is 3.47. The minimum atomic E-state index is -0.506. The van der Waals surface area contributed by atoms with E-state index in [1.54, 1.807) is 42.3 Å². The number of carbonyl (C=O) groups excluding carboxylic acids is 1. The van der Waals surface area contributed by atoms with Crippen LogP contribution in [0.5, 0.6) is 11.5 Å². The topological polar surface area (TPSA) is 143 Å². The largest absolute Gasteiger partial charge is 0.493 e. The number of nitrogens with zero attached hydrogens (tertiary/aromatic N) is 5. The van der Waals surface area contributed by atoms with Gasteiger partial charge in [0.25, 0.3) is 0 Å². The number of piperidine rings is 1. The maximum atomic E-state index is 14.3. The molecule has 1 saturated heterocycles. The molecular weight excluding hydrogens is 529 g/mol. The van der Waals surface area contributed by atoms with Gasteiger partial charge in [-0.15, -0.1) is 0 Å². The molecule has 11 nitrogen and oxygen atoms in total. The highest BCUT2D eigenvalue weighted by molar-refractivity contribution is 5.96. The average Bonchev–Trinajstić information content (AvgIpc) is 3.42. The van der Waals surface area contributed by atoms with Gasteiger partial charge in [0.1, 0.15) is 18.0 Å². The molecule has 12 heteroatoms. The summed E-state index contributed by atoms with van der Waals surface area (Å²) in [5, 5.41) is 17.2. The van der Waals surface area contributed by atoms with Crippen LogP contribution in [0.15, 0.2) is 48.8 Å². The van der Waals surface area contributed by atoms with Crippen molar-refractivity contribution in [1.29, 1.82) is 0 Å². The number of nitrogens with one attached hydrogen (secondary N) is 1. The van der Waals surface area contributed by atoms with Crippen LogP contribution >= 0.6 is 0 Å². The minimum Gasteiger partial charge on any atom is -0.493 e. The standard InChI is InChI=1S/C29H34FN7O4/c1-40-25-15-23-24(16-26(25)41-11-3-8-36-9-6-19(17-38)7-10-36)32-18-33-29(23)37(22-5-2-4-20(30)12-22)28-14-21(34-35-28)13-27(31)39/h2,4-5,12,14-16,18-19,38H,3,6-11,13,17H2,1H3,(H2,31,39)(H,34,35). The average molecular weight is 564 g/mol. The highest BCUT2D eigenvalue weighted by Crippen LogP contribution is 2.40. The highest BCUT2D eigenvalue weighted by atomic mass is 19.1. The van der Waals surface area contributed by atoms with E-state index in [0.717, 1.165) is 38.9 Å². The number of benzene rings is 2. The van der Waals surface area contributed by atoms with E-state index in [4.69, 9.17) is 15.2 Å². The smallest absolute Gasteiger partial charge is 0.223 e. The summed E-state index contributed by atoms with van der Waals surface area (Å²) < 4.78 is 26.1. The lowest BCUT2D eigenvalue weighted by atomic mass is 9.98. The van der Waals surface area contributed by atoms with Crippen molar-refractivity contribution in [3.63, 3.8) is 0 Å². The third-order valence-electron chi connectivity index (χ3n) is 7.23. The Morgan fingerprint density at radius 1 is 1.20 bits per heavy atom. The van der Waals surface area contributed by atoms with Gasteiger partial charge in [-0.05, 0) is 62.5 Å². The Morgan fingerprint density at radius 3 is 2.76 bits per heavy atom. The van der Waals surface area contributed by atoms with Gasteiger partial charge in [-0.2, -0.15) is 5.10 Å². The molecule has 5 rings (SSSR count). The molecule has 0 radical (unpaired) electrons. The first kappa shape index (κ1) is 28.2. The molecule has 1 aliphatic heterocycles. The Hall–Kier alpha value is -4.29. The summed E-state index contributed by atoms with van der Waals surface area (Å²) in [6, 6.07) is 11.3. The molecule has 4 N–H and O–H groups in total. The van der Waals surface area contributed by atoms with Gasteiger partial charge in [0.15, 0.2) is 17.3 Å². The summed E-state index contributed by atoms with van der Waals surface area (Å²) in [5.41, 5.74) is 6.95. The van der Waals surface area contributed by atoms with Gasteiger partial charge >= 0.3 is 0 Å². The number of primary amides is 1. The van der Waals surface area contributed by atoms with Crippen molar-refractivity contribution >= 4 is 34.1 Å². The van der Waals surface area contributed by atoms with E-state index >= 15 is 0 Å². The minimum absolute atomic E-state index is 0.0238. The lowest BCUT2D eigenvalue weighted by molar-refractivity contribution is -0.117. The fourth-order valence-corrected chi connectivity index (χ4v) is 5.08. The summed E-state index contributed by atoms with van der Waals surface area (Å²) in [4.78, 5) is 24.5. The van der Waals surface area contributed by atoms with Gasteiger partial charge in [0, 0.05) is 36.4 Å². The number of methoxy groups -OCH3 is 1. The molecule has 4 aromatic rings. The molecule has 0 atom stereocenters. The molecule has 0 aliphatic carbocycles. The van der Waals surface area contributed by atoms with E-state index in [2.05, 4.69) is 25.1 Å². The first-order valence-corrected chi connectivity index (χ1v) is 13.6. The summed E-state index contributed by atoms with van der Waals surface area (Å²) in [6.45, 7) is 3.68. The number of aromatic amines is 1. The number of fused-ring (bicyclic) bond motifs is 1. The maximum Gasteiger partial charge on any atom is 0.223 e. The summed E-state index contributed by atoms with van der Waals surface area (Å²) >= 11 is 0. The number of aliphatic hydroxyl groups is 1. The second-order valence-corrected chi connectivity index (χ2v) is 10.1. The quantitative estimate of drug-likeness (QED) is 0.221. The summed E-state index contributed by atoms with van der Waals surface area (Å²) in [7, 11) is 1.57. The van der Waals surface area contributed by atoms with Crippen molar-refractivity contribution in [2.75, 3.05) is 44.9 Å². The first-order chi connectivity index (χ1) is 19.9. The van der Waals surface area contributed by atoms with E-state index in [1.165, 1.54) is 18.5 Å². The highest BCUT2D eigenvalue weighted by Gasteiger charge is 2.22. The van der Waals surface area contributed by atoms with Crippen molar-refractivity contribution < 1.29 is 23.8 Å². The lowest BCUT2D eigenvalue weighted by Crippen LogP contribution is -2.35. The molecule has 0 spiro atoms. The molecule has 2 aromatic heterocycles. The number of carbonyl (C=O) groups is 1. The zero-order chi connectivity index (χ0) is 28.8. The van der Waals surface area contributed by atoms with Crippen LogP contribution in [0.25, 0.3) is 10.9 Å². The molecule has 1 fully saturated rings. The molecule has 0 saturated carbocycles. The number of aromatic nitrogens is 4. The van der Waals surface area contributed by atoms with Gasteiger partial charge in [-0.3, -0.25) is 14.8 Å². The number of rotatable bonds is 12. The molecule has 1 amide bonds. The molecule has 1 aliphatic rings.